The largest absolute Gasteiger partial charge is 0.492 e. The maximum atomic E-state index is 11.7. The Morgan fingerprint density at radius 1 is 1.25 bits per heavy atom. The molecule has 0 spiro atoms. The normalized spacial score (nSPS) is 13.8. The van der Waals surface area contributed by atoms with E-state index in [9.17, 15) is 9.59 Å². The average molecular weight is 464 g/mol. The van der Waals surface area contributed by atoms with E-state index in [4.69, 9.17) is 9.47 Å². The van der Waals surface area contributed by atoms with Gasteiger partial charge in [0.25, 0.3) is 0 Å². The molecule has 8 heteroatoms. The monoisotopic (exact) mass is 462 g/mol. The molecule has 0 aromatic heterocycles. The molecule has 1 aliphatic heterocycles. The van der Waals surface area contributed by atoms with Crippen molar-refractivity contribution in [3.63, 3.8) is 0 Å². The topological polar surface area (TPSA) is 67.9 Å². The first-order valence-electron chi connectivity index (χ1n) is 7.88. The number of benzene rings is 1. The fourth-order valence-corrected chi connectivity index (χ4v) is 3.38. The maximum absolute atomic E-state index is 11.7. The number of amides is 2. The Morgan fingerprint density at radius 3 is 2.75 bits per heavy atom. The molecule has 0 bridgehead atoms. The Morgan fingerprint density at radius 2 is 2.04 bits per heavy atom. The Balaban J connectivity index is 1.50. The number of halogens is 2. The molecule has 0 radical (unpaired) electrons. The van der Waals surface area contributed by atoms with Crippen LogP contribution in [0.25, 0.3) is 0 Å². The van der Waals surface area contributed by atoms with Gasteiger partial charge in [-0.3, -0.25) is 10.2 Å². The zero-order valence-electron chi connectivity index (χ0n) is 13.2. The van der Waals surface area contributed by atoms with E-state index in [1.54, 1.807) is 0 Å². The lowest BCUT2D eigenvalue weighted by Gasteiger charge is -2.13. The molecule has 6 nitrogen and oxygen atoms in total. The van der Waals surface area contributed by atoms with Crippen LogP contribution in [-0.2, 0) is 9.53 Å². The van der Waals surface area contributed by atoms with Crippen molar-refractivity contribution in [1.29, 1.82) is 0 Å². The summed E-state index contributed by atoms with van der Waals surface area (Å²) in [4.78, 5) is 22.9. The fourth-order valence-electron chi connectivity index (χ4n) is 2.22. The van der Waals surface area contributed by atoms with Gasteiger partial charge in [0.15, 0.2) is 0 Å². The van der Waals surface area contributed by atoms with Crippen molar-refractivity contribution in [3.8, 4) is 5.75 Å². The first-order valence-corrected chi connectivity index (χ1v) is 9.46. The number of hydrazine groups is 1. The molecule has 24 heavy (non-hydrogen) atoms. The van der Waals surface area contributed by atoms with Gasteiger partial charge in [-0.2, -0.15) is 0 Å². The fraction of sp³-hybridized carbons (Fsp3) is 0.500. The lowest BCUT2D eigenvalue weighted by atomic mass is 10.1. The van der Waals surface area contributed by atoms with Gasteiger partial charge in [0.2, 0.25) is 5.91 Å². The standard InChI is InChI=1S/C16H20Br2N2O4/c17-12-6-7-14(13(18)11-12)23-9-4-2-1-3-5-15(21)19-20-8-10-24-16(20)22/h6-7,11H,1-5,8-10H2,(H,19,21). The SMILES string of the molecule is O=C(CCCCCCOc1ccc(Br)cc1Br)NN1CCOC1=O. The molecule has 1 aromatic carbocycles. The van der Waals surface area contributed by atoms with Gasteiger partial charge in [0.1, 0.15) is 12.4 Å². The van der Waals surface area contributed by atoms with E-state index >= 15 is 0 Å². The predicted molar refractivity (Wildman–Crippen MR) is 96.6 cm³/mol. The van der Waals surface area contributed by atoms with E-state index in [2.05, 4.69) is 37.3 Å². The molecule has 0 aliphatic carbocycles. The zero-order chi connectivity index (χ0) is 17.4. The number of cyclic esters (lactones) is 1. The van der Waals surface area contributed by atoms with Crippen molar-refractivity contribution in [2.75, 3.05) is 19.8 Å². The summed E-state index contributed by atoms with van der Waals surface area (Å²) < 4.78 is 12.4. The second-order valence-electron chi connectivity index (χ2n) is 5.39. The quantitative estimate of drug-likeness (QED) is 0.561. The van der Waals surface area contributed by atoms with Gasteiger partial charge >= 0.3 is 6.09 Å². The van der Waals surface area contributed by atoms with Gasteiger partial charge in [-0.1, -0.05) is 28.8 Å². The molecule has 0 saturated carbocycles. The molecule has 2 amide bonds. The summed E-state index contributed by atoms with van der Waals surface area (Å²) in [5, 5.41) is 1.21. The van der Waals surface area contributed by atoms with Crippen molar-refractivity contribution >= 4 is 43.9 Å². The zero-order valence-corrected chi connectivity index (χ0v) is 16.4. The summed E-state index contributed by atoms with van der Waals surface area (Å²) in [6.45, 7) is 1.38. The third-order valence-corrected chi connectivity index (χ3v) is 4.58. The highest BCUT2D eigenvalue weighted by atomic mass is 79.9. The number of rotatable bonds is 9. The summed E-state index contributed by atoms with van der Waals surface area (Å²) >= 11 is 6.86. The number of nitrogens with zero attached hydrogens (tertiary/aromatic N) is 1. The minimum atomic E-state index is -0.486. The minimum absolute atomic E-state index is 0.149. The minimum Gasteiger partial charge on any atom is -0.492 e. The van der Waals surface area contributed by atoms with E-state index < -0.39 is 6.09 Å². The Kier molecular flexibility index (Phi) is 7.84. The molecule has 0 unspecified atom stereocenters. The average Bonchev–Trinajstić information content (AvgIpc) is 2.93. The molecule has 1 fully saturated rings. The highest BCUT2D eigenvalue weighted by Crippen LogP contribution is 2.28. The maximum Gasteiger partial charge on any atom is 0.428 e. The summed E-state index contributed by atoms with van der Waals surface area (Å²) in [5.41, 5.74) is 2.55. The number of carbonyl (C=O) groups is 2. The number of ether oxygens (including phenoxy) is 2. The number of unbranched alkanes of at least 4 members (excludes halogenated alkanes) is 3. The smallest absolute Gasteiger partial charge is 0.428 e. The van der Waals surface area contributed by atoms with Crippen LogP contribution in [0, 0.1) is 0 Å². The number of carbonyl (C=O) groups excluding carboxylic acids is 2. The van der Waals surface area contributed by atoms with Crippen LogP contribution in [0.5, 0.6) is 5.75 Å². The van der Waals surface area contributed by atoms with Crippen molar-refractivity contribution in [1.82, 2.24) is 10.4 Å². The van der Waals surface area contributed by atoms with Crippen LogP contribution >= 0.6 is 31.9 Å². The molecular weight excluding hydrogens is 444 g/mol. The van der Waals surface area contributed by atoms with Gasteiger partial charge in [-0.25, -0.2) is 9.80 Å². The van der Waals surface area contributed by atoms with E-state index in [1.165, 1.54) is 5.01 Å². The Labute approximate surface area is 158 Å². The van der Waals surface area contributed by atoms with E-state index in [0.717, 1.165) is 40.4 Å². The van der Waals surface area contributed by atoms with Gasteiger partial charge in [0, 0.05) is 10.9 Å². The van der Waals surface area contributed by atoms with Crippen molar-refractivity contribution in [2.24, 2.45) is 0 Å². The third-order valence-electron chi connectivity index (χ3n) is 3.47. The number of hydrogen-bond donors (Lipinski definition) is 1. The first-order chi connectivity index (χ1) is 11.6. The summed E-state index contributed by atoms with van der Waals surface area (Å²) in [6, 6.07) is 5.81. The Bertz CT molecular complexity index is 583. The van der Waals surface area contributed by atoms with E-state index in [0.29, 0.717) is 26.2 Å². The molecule has 2 rings (SSSR count). The molecule has 1 aromatic rings. The number of hydrogen-bond acceptors (Lipinski definition) is 4. The van der Waals surface area contributed by atoms with Crippen molar-refractivity contribution in [2.45, 2.75) is 32.1 Å². The van der Waals surface area contributed by atoms with Gasteiger partial charge in [-0.15, -0.1) is 0 Å². The number of nitrogens with one attached hydrogen (secondary N) is 1. The second kappa shape index (κ2) is 9.88. The molecule has 1 aliphatic rings. The van der Waals surface area contributed by atoms with E-state index in [-0.39, 0.29) is 5.91 Å². The molecule has 1 heterocycles. The van der Waals surface area contributed by atoms with Gasteiger partial charge in [-0.05, 0) is 47.0 Å². The van der Waals surface area contributed by atoms with Crippen LogP contribution in [0.2, 0.25) is 0 Å². The van der Waals surface area contributed by atoms with Gasteiger partial charge < -0.3 is 9.47 Å². The summed E-state index contributed by atoms with van der Waals surface area (Å²) in [6.07, 6.45) is 3.58. The molecule has 1 saturated heterocycles. The van der Waals surface area contributed by atoms with Crippen LogP contribution in [0.4, 0.5) is 4.79 Å². The molecule has 1 N–H and O–H groups in total. The van der Waals surface area contributed by atoms with Crippen LogP contribution in [0.15, 0.2) is 27.1 Å². The first kappa shape index (κ1) is 19.1. The molecular formula is C16H20Br2N2O4. The van der Waals surface area contributed by atoms with Crippen molar-refractivity contribution in [3.05, 3.63) is 27.1 Å². The van der Waals surface area contributed by atoms with E-state index in [1.807, 2.05) is 18.2 Å². The predicted octanol–water partition coefficient (Wildman–Crippen LogP) is 4.02. The van der Waals surface area contributed by atoms with Crippen LogP contribution in [0.3, 0.4) is 0 Å². The summed E-state index contributed by atoms with van der Waals surface area (Å²) in [7, 11) is 0. The highest BCUT2D eigenvalue weighted by Gasteiger charge is 2.23. The van der Waals surface area contributed by atoms with Crippen LogP contribution in [0.1, 0.15) is 32.1 Å². The lowest BCUT2D eigenvalue weighted by molar-refractivity contribution is -0.124. The second-order valence-corrected chi connectivity index (χ2v) is 7.16. The third kappa shape index (κ3) is 6.32. The highest BCUT2D eigenvalue weighted by molar-refractivity contribution is 9.11. The molecule has 0 atom stereocenters. The Hall–Kier alpha value is -1.28. The van der Waals surface area contributed by atoms with Crippen molar-refractivity contribution < 1.29 is 19.1 Å². The van der Waals surface area contributed by atoms with Crippen LogP contribution < -0.4 is 10.2 Å². The summed E-state index contributed by atoms with van der Waals surface area (Å²) in [5.74, 6) is 0.680. The lowest BCUT2D eigenvalue weighted by Crippen LogP contribution is -2.42. The van der Waals surface area contributed by atoms with Gasteiger partial charge in [0.05, 0.1) is 17.6 Å². The molecule has 132 valence electrons. The van der Waals surface area contributed by atoms with Crippen LogP contribution in [-0.4, -0.2) is 36.8 Å².